The Hall–Kier alpha value is -2.42. The average molecular weight is 265 g/mol. The molecule has 0 bridgehead atoms. The Morgan fingerprint density at radius 1 is 1.00 bits per heavy atom. The van der Waals surface area contributed by atoms with E-state index in [9.17, 15) is 4.79 Å². The van der Waals surface area contributed by atoms with E-state index >= 15 is 0 Å². The van der Waals surface area contributed by atoms with E-state index in [0.29, 0.717) is 12.1 Å². The summed E-state index contributed by atoms with van der Waals surface area (Å²) in [7, 11) is 0. The van der Waals surface area contributed by atoms with Crippen LogP contribution in [0.2, 0.25) is 0 Å². The molecule has 0 amide bonds. The fourth-order valence-corrected chi connectivity index (χ4v) is 2.51. The molecule has 0 spiro atoms. The van der Waals surface area contributed by atoms with Gasteiger partial charge < -0.3 is 4.84 Å². The number of carbonyl (C=O) groups excluding carboxylic acids is 1. The minimum absolute atomic E-state index is 0.291. The average Bonchev–Trinajstić information content (AvgIpc) is 2.77. The lowest BCUT2D eigenvalue weighted by atomic mass is 9.77. The lowest BCUT2D eigenvalue weighted by molar-refractivity contribution is -0.147. The van der Waals surface area contributed by atoms with E-state index in [4.69, 9.17) is 4.84 Å². The number of oxime groups is 1. The third kappa shape index (κ3) is 2.11. The first-order chi connectivity index (χ1) is 9.70. The molecule has 0 saturated carbocycles. The van der Waals surface area contributed by atoms with Gasteiger partial charge in [0.05, 0.1) is 0 Å². The topological polar surface area (TPSA) is 38.7 Å². The summed E-state index contributed by atoms with van der Waals surface area (Å²) in [6.07, 6.45) is 0.584. The van der Waals surface area contributed by atoms with Crippen LogP contribution in [0, 0.1) is 5.41 Å². The van der Waals surface area contributed by atoms with Gasteiger partial charge in [0, 0.05) is 5.56 Å². The van der Waals surface area contributed by atoms with Crippen LogP contribution in [0.1, 0.15) is 18.1 Å². The summed E-state index contributed by atoms with van der Waals surface area (Å²) < 4.78 is 0. The Bertz CT molecular complexity index is 649. The molecule has 0 N–H and O–H groups in total. The Morgan fingerprint density at radius 3 is 2.25 bits per heavy atom. The number of rotatable bonds is 3. The first kappa shape index (κ1) is 12.6. The molecule has 1 heterocycles. The third-order valence-corrected chi connectivity index (χ3v) is 3.64. The van der Waals surface area contributed by atoms with E-state index < -0.39 is 5.41 Å². The zero-order valence-electron chi connectivity index (χ0n) is 11.2. The van der Waals surface area contributed by atoms with Crippen molar-refractivity contribution in [3.63, 3.8) is 0 Å². The molecule has 3 nitrogen and oxygen atoms in total. The van der Waals surface area contributed by atoms with Gasteiger partial charge in [-0.25, -0.2) is 4.79 Å². The Labute approximate surface area is 117 Å². The molecule has 100 valence electrons. The molecule has 0 fully saturated rings. The van der Waals surface area contributed by atoms with E-state index in [1.807, 2.05) is 67.6 Å². The summed E-state index contributed by atoms with van der Waals surface area (Å²) in [4.78, 5) is 17.1. The van der Waals surface area contributed by atoms with Crippen molar-refractivity contribution in [3.05, 3.63) is 71.8 Å². The van der Waals surface area contributed by atoms with Gasteiger partial charge in [-0.3, -0.25) is 0 Å². The molecular weight excluding hydrogens is 250 g/mol. The number of hydrogen-bond donors (Lipinski definition) is 0. The summed E-state index contributed by atoms with van der Waals surface area (Å²) in [5, 5.41) is 4.00. The second kappa shape index (κ2) is 4.93. The predicted molar refractivity (Wildman–Crippen MR) is 77.3 cm³/mol. The van der Waals surface area contributed by atoms with Crippen LogP contribution in [0.4, 0.5) is 0 Å². The zero-order valence-corrected chi connectivity index (χ0v) is 11.2. The van der Waals surface area contributed by atoms with Crippen LogP contribution >= 0.6 is 0 Å². The molecule has 0 saturated heterocycles. The van der Waals surface area contributed by atoms with Gasteiger partial charge in [-0.2, -0.15) is 0 Å². The number of hydrogen-bond acceptors (Lipinski definition) is 3. The predicted octanol–water partition coefficient (Wildman–Crippen LogP) is 3.20. The minimum atomic E-state index is -0.733. The van der Waals surface area contributed by atoms with Crippen LogP contribution in [0.25, 0.3) is 0 Å². The van der Waals surface area contributed by atoms with Crippen LogP contribution in [0.3, 0.4) is 0 Å². The molecule has 3 rings (SSSR count). The van der Waals surface area contributed by atoms with E-state index in [-0.39, 0.29) is 5.97 Å². The fourth-order valence-electron chi connectivity index (χ4n) is 2.51. The number of carbonyl (C=O) groups is 1. The van der Waals surface area contributed by atoms with Crippen LogP contribution in [-0.4, -0.2) is 11.7 Å². The highest BCUT2D eigenvalue weighted by atomic mass is 16.7. The van der Waals surface area contributed by atoms with Crippen molar-refractivity contribution in [2.45, 2.75) is 13.3 Å². The lowest BCUT2D eigenvalue weighted by Gasteiger charge is -2.21. The maximum absolute atomic E-state index is 12.1. The summed E-state index contributed by atoms with van der Waals surface area (Å²) >= 11 is 0. The fraction of sp³-hybridized carbons (Fsp3) is 0.176. The lowest BCUT2D eigenvalue weighted by Crippen LogP contribution is -2.35. The standard InChI is InChI=1S/C17H15NO2/c1-17(12-13-8-4-2-5-9-13)15(18-20-16(17)19)14-10-6-3-7-11-14/h2-11H,12H2,1H3. The molecule has 1 unspecified atom stereocenters. The highest BCUT2D eigenvalue weighted by Gasteiger charge is 2.46. The van der Waals surface area contributed by atoms with Crippen LogP contribution < -0.4 is 0 Å². The zero-order chi connectivity index (χ0) is 14.0. The van der Waals surface area contributed by atoms with Gasteiger partial charge in [-0.1, -0.05) is 65.8 Å². The van der Waals surface area contributed by atoms with Crippen molar-refractivity contribution in [1.29, 1.82) is 0 Å². The SMILES string of the molecule is CC1(Cc2ccccc2)C(=O)ON=C1c1ccccc1. The molecule has 0 aliphatic carbocycles. The minimum Gasteiger partial charge on any atom is -0.317 e. The van der Waals surface area contributed by atoms with E-state index in [0.717, 1.165) is 11.1 Å². The Morgan fingerprint density at radius 2 is 1.60 bits per heavy atom. The summed E-state index contributed by atoms with van der Waals surface area (Å²) in [5.74, 6) is -0.291. The van der Waals surface area contributed by atoms with Crippen molar-refractivity contribution in [3.8, 4) is 0 Å². The van der Waals surface area contributed by atoms with Gasteiger partial charge in [0.25, 0.3) is 0 Å². The largest absolute Gasteiger partial charge is 0.347 e. The van der Waals surface area contributed by atoms with Crippen molar-refractivity contribution in [2.24, 2.45) is 10.6 Å². The first-order valence-corrected chi connectivity index (χ1v) is 6.59. The summed E-state index contributed by atoms with van der Waals surface area (Å²) in [6.45, 7) is 1.89. The number of benzene rings is 2. The normalized spacial score (nSPS) is 21.4. The Kier molecular flexibility index (Phi) is 3.11. The third-order valence-electron chi connectivity index (χ3n) is 3.64. The van der Waals surface area contributed by atoms with Crippen molar-refractivity contribution in [2.75, 3.05) is 0 Å². The molecule has 2 aromatic carbocycles. The van der Waals surface area contributed by atoms with Crippen LogP contribution in [0.5, 0.6) is 0 Å². The van der Waals surface area contributed by atoms with E-state index in [1.54, 1.807) is 0 Å². The molecule has 0 aromatic heterocycles. The molecule has 1 atom stereocenters. The maximum atomic E-state index is 12.1. The summed E-state index contributed by atoms with van der Waals surface area (Å²) in [5.41, 5.74) is 1.99. The van der Waals surface area contributed by atoms with Crippen molar-refractivity contribution < 1.29 is 9.63 Å². The van der Waals surface area contributed by atoms with E-state index in [1.165, 1.54) is 0 Å². The van der Waals surface area contributed by atoms with E-state index in [2.05, 4.69) is 5.16 Å². The van der Waals surface area contributed by atoms with Gasteiger partial charge in [-0.05, 0) is 18.9 Å². The highest BCUT2D eigenvalue weighted by Crippen LogP contribution is 2.34. The monoisotopic (exact) mass is 265 g/mol. The molecule has 0 radical (unpaired) electrons. The summed E-state index contributed by atoms with van der Waals surface area (Å²) in [6, 6.07) is 19.6. The molecule has 2 aromatic rings. The van der Waals surface area contributed by atoms with Gasteiger partial charge in [0.15, 0.2) is 0 Å². The van der Waals surface area contributed by atoms with Crippen LogP contribution in [0.15, 0.2) is 65.8 Å². The van der Waals surface area contributed by atoms with Crippen molar-refractivity contribution in [1.82, 2.24) is 0 Å². The highest BCUT2D eigenvalue weighted by molar-refractivity contribution is 6.17. The smallest absolute Gasteiger partial charge is 0.317 e. The Balaban J connectivity index is 1.97. The van der Waals surface area contributed by atoms with Gasteiger partial charge in [0.2, 0.25) is 0 Å². The molecular formula is C17H15NO2. The quantitative estimate of drug-likeness (QED) is 0.799. The second-order valence-corrected chi connectivity index (χ2v) is 5.18. The second-order valence-electron chi connectivity index (χ2n) is 5.18. The van der Waals surface area contributed by atoms with Gasteiger partial charge in [-0.15, -0.1) is 0 Å². The number of nitrogens with zero attached hydrogens (tertiary/aromatic N) is 1. The molecule has 3 heteroatoms. The molecule has 1 aliphatic rings. The maximum Gasteiger partial charge on any atom is 0.347 e. The molecule has 1 aliphatic heterocycles. The van der Waals surface area contributed by atoms with Crippen molar-refractivity contribution >= 4 is 11.7 Å². The van der Waals surface area contributed by atoms with Gasteiger partial charge in [0.1, 0.15) is 11.1 Å². The molecule has 20 heavy (non-hydrogen) atoms. The van der Waals surface area contributed by atoms with Gasteiger partial charge >= 0.3 is 5.97 Å². The van der Waals surface area contributed by atoms with Crippen LogP contribution in [-0.2, 0) is 16.1 Å². The first-order valence-electron chi connectivity index (χ1n) is 6.59.